The van der Waals surface area contributed by atoms with E-state index in [1.807, 2.05) is 0 Å². The third kappa shape index (κ3) is 2.99. The number of para-hydroxylation sites is 1. The average molecular weight is 337 g/mol. The Hall–Kier alpha value is -3.48. The maximum Gasteiger partial charge on any atom is 0.339 e. The molecule has 0 unspecified atom stereocenters. The zero-order valence-corrected chi connectivity index (χ0v) is 13.6. The van der Waals surface area contributed by atoms with Gasteiger partial charge in [-0.25, -0.2) is 9.78 Å². The predicted octanol–water partition coefficient (Wildman–Crippen LogP) is 1.97. The van der Waals surface area contributed by atoms with Crippen LogP contribution in [-0.4, -0.2) is 28.5 Å². The first-order valence-electron chi connectivity index (χ1n) is 7.46. The second kappa shape index (κ2) is 6.56. The van der Waals surface area contributed by atoms with Crippen LogP contribution in [0.5, 0.6) is 0 Å². The van der Waals surface area contributed by atoms with Crippen molar-refractivity contribution < 1.29 is 14.3 Å². The number of nitrogens with zero attached hydrogens (tertiary/aromatic N) is 2. The fourth-order valence-electron chi connectivity index (χ4n) is 2.53. The molecule has 1 aromatic carbocycles. The lowest BCUT2D eigenvalue weighted by molar-refractivity contribution is 0.0602. The van der Waals surface area contributed by atoms with Crippen LogP contribution >= 0.6 is 0 Å². The molecule has 0 radical (unpaired) electrons. The fourth-order valence-corrected chi connectivity index (χ4v) is 2.53. The highest BCUT2D eigenvalue weighted by atomic mass is 16.5. The molecular weight excluding hydrogens is 322 g/mol. The molecule has 25 heavy (non-hydrogen) atoms. The number of rotatable bonds is 3. The number of fused-ring (bicyclic) bond motifs is 1. The lowest BCUT2D eigenvalue weighted by atomic mass is 10.1. The van der Waals surface area contributed by atoms with Crippen molar-refractivity contribution in [1.29, 1.82) is 0 Å². The number of amides is 1. The first kappa shape index (κ1) is 16.4. The Balaban J connectivity index is 2.03. The monoisotopic (exact) mass is 337 g/mol. The molecule has 0 aliphatic heterocycles. The van der Waals surface area contributed by atoms with Crippen LogP contribution in [0.15, 0.2) is 53.5 Å². The van der Waals surface area contributed by atoms with E-state index in [0.29, 0.717) is 11.0 Å². The van der Waals surface area contributed by atoms with Crippen LogP contribution in [0, 0.1) is 0 Å². The molecule has 0 saturated carbocycles. The molecule has 7 heteroatoms. The van der Waals surface area contributed by atoms with E-state index >= 15 is 0 Å². The van der Waals surface area contributed by atoms with Crippen molar-refractivity contribution in [2.24, 2.45) is 7.05 Å². The summed E-state index contributed by atoms with van der Waals surface area (Å²) >= 11 is 0. The average Bonchev–Trinajstić information content (AvgIpc) is 2.64. The molecule has 0 bridgehead atoms. The van der Waals surface area contributed by atoms with E-state index in [1.54, 1.807) is 43.6 Å². The van der Waals surface area contributed by atoms with Gasteiger partial charge in [-0.15, -0.1) is 0 Å². The predicted molar refractivity (Wildman–Crippen MR) is 92.7 cm³/mol. The lowest BCUT2D eigenvalue weighted by Crippen LogP contribution is -2.28. The highest BCUT2D eigenvalue weighted by molar-refractivity contribution is 6.08. The van der Waals surface area contributed by atoms with Gasteiger partial charge in [-0.05, 0) is 30.3 Å². The number of pyridine rings is 2. The van der Waals surface area contributed by atoms with Crippen LogP contribution < -0.4 is 10.9 Å². The normalized spacial score (nSPS) is 10.5. The topological polar surface area (TPSA) is 90.3 Å². The molecule has 126 valence electrons. The van der Waals surface area contributed by atoms with Gasteiger partial charge in [0, 0.05) is 18.6 Å². The van der Waals surface area contributed by atoms with Gasteiger partial charge in [0.2, 0.25) is 0 Å². The number of aryl methyl sites for hydroxylation is 1. The molecule has 7 nitrogen and oxygen atoms in total. The summed E-state index contributed by atoms with van der Waals surface area (Å²) in [5.41, 5.74) is 0.450. The minimum absolute atomic E-state index is 0.0392. The number of hydrogen-bond acceptors (Lipinski definition) is 5. The van der Waals surface area contributed by atoms with E-state index in [1.165, 1.54) is 23.8 Å². The maximum absolute atomic E-state index is 12.6. The fraction of sp³-hybridized carbons (Fsp3) is 0.111. The molecule has 3 aromatic rings. The Morgan fingerprint density at radius 1 is 1.12 bits per heavy atom. The second-order valence-corrected chi connectivity index (χ2v) is 5.33. The standard InChI is InChI=1S/C18H15N3O4/c1-21-15-11(6-5-9-19-15)10-13(17(21)23)16(22)20-14-8-4-3-7-12(14)18(24)25-2/h3-10H,1-2H3,(H,20,22). The van der Waals surface area contributed by atoms with Crippen molar-refractivity contribution in [3.8, 4) is 0 Å². The van der Waals surface area contributed by atoms with E-state index in [9.17, 15) is 14.4 Å². The summed E-state index contributed by atoms with van der Waals surface area (Å²) < 4.78 is 6.02. The molecule has 2 aromatic heterocycles. The van der Waals surface area contributed by atoms with Crippen LogP contribution in [-0.2, 0) is 11.8 Å². The van der Waals surface area contributed by atoms with Gasteiger partial charge in [0.15, 0.2) is 0 Å². The van der Waals surface area contributed by atoms with Gasteiger partial charge in [0.05, 0.1) is 18.4 Å². The van der Waals surface area contributed by atoms with Gasteiger partial charge in [0.1, 0.15) is 11.2 Å². The number of esters is 1. The Labute approximate surface area is 142 Å². The quantitative estimate of drug-likeness (QED) is 0.738. The van der Waals surface area contributed by atoms with Gasteiger partial charge < -0.3 is 10.1 Å². The zero-order valence-electron chi connectivity index (χ0n) is 13.6. The molecule has 3 rings (SSSR count). The van der Waals surface area contributed by atoms with Crippen LogP contribution in [0.3, 0.4) is 0 Å². The number of carbonyl (C=O) groups excluding carboxylic acids is 2. The number of carbonyl (C=O) groups is 2. The molecule has 0 atom stereocenters. The molecule has 1 amide bonds. The van der Waals surface area contributed by atoms with Gasteiger partial charge in [-0.3, -0.25) is 14.2 Å². The number of anilines is 1. The van der Waals surface area contributed by atoms with E-state index in [2.05, 4.69) is 10.3 Å². The van der Waals surface area contributed by atoms with Crippen molar-refractivity contribution in [1.82, 2.24) is 9.55 Å². The number of ether oxygens (including phenoxy) is 1. The Morgan fingerprint density at radius 3 is 2.64 bits per heavy atom. The van der Waals surface area contributed by atoms with Crippen molar-refractivity contribution in [3.63, 3.8) is 0 Å². The molecule has 0 spiro atoms. The molecule has 0 aliphatic carbocycles. The highest BCUT2D eigenvalue weighted by Crippen LogP contribution is 2.17. The SMILES string of the molecule is COC(=O)c1ccccc1NC(=O)c1cc2cccnc2n(C)c1=O. The minimum atomic E-state index is -0.609. The largest absolute Gasteiger partial charge is 0.465 e. The second-order valence-electron chi connectivity index (χ2n) is 5.33. The summed E-state index contributed by atoms with van der Waals surface area (Å²) in [7, 11) is 2.81. The number of hydrogen-bond donors (Lipinski definition) is 1. The summed E-state index contributed by atoms with van der Waals surface area (Å²) in [6, 6.07) is 11.4. The third-order valence-electron chi connectivity index (χ3n) is 3.79. The summed E-state index contributed by atoms with van der Waals surface area (Å²) in [5, 5.41) is 3.26. The van der Waals surface area contributed by atoms with Crippen molar-refractivity contribution >= 4 is 28.6 Å². The summed E-state index contributed by atoms with van der Waals surface area (Å²) in [5.74, 6) is -1.19. The zero-order chi connectivity index (χ0) is 18.0. The third-order valence-corrected chi connectivity index (χ3v) is 3.79. The summed E-state index contributed by atoms with van der Waals surface area (Å²) in [4.78, 5) is 41.0. The van der Waals surface area contributed by atoms with Gasteiger partial charge in [-0.1, -0.05) is 12.1 Å². The Bertz CT molecular complexity index is 1040. The van der Waals surface area contributed by atoms with E-state index in [4.69, 9.17) is 4.74 Å². The number of methoxy groups -OCH3 is 1. The Kier molecular flexibility index (Phi) is 4.30. The first-order chi connectivity index (χ1) is 12.0. The number of benzene rings is 1. The van der Waals surface area contributed by atoms with E-state index in [-0.39, 0.29) is 16.8 Å². The molecule has 1 N–H and O–H groups in total. The molecule has 0 saturated heterocycles. The van der Waals surface area contributed by atoms with Crippen LogP contribution in [0.1, 0.15) is 20.7 Å². The minimum Gasteiger partial charge on any atom is -0.465 e. The summed E-state index contributed by atoms with van der Waals surface area (Å²) in [6.07, 6.45) is 1.58. The van der Waals surface area contributed by atoms with Gasteiger partial charge in [-0.2, -0.15) is 0 Å². The summed E-state index contributed by atoms with van der Waals surface area (Å²) in [6.45, 7) is 0. The van der Waals surface area contributed by atoms with Crippen molar-refractivity contribution in [2.75, 3.05) is 12.4 Å². The number of nitrogens with one attached hydrogen (secondary N) is 1. The Morgan fingerprint density at radius 2 is 1.88 bits per heavy atom. The van der Waals surface area contributed by atoms with Gasteiger partial charge in [0.25, 0.3) is 11.5 Å². The molecule has 0 fully saturated rings. The molecule has 2 heterocycles. The van der Waals surface area contributed by atoms with E-state index < -0.39 is 17.4 Å². The maximum atomic E-state index is 12.6. The van der Waals surface area contributed by atoms with Crippen molar-refractivity contribution in [2.45, 2.75) is 0 Å². The van der Waals surface area contributed by atoms with Crippen LogP contribution in [0.4, 0.5) is 5.69 Å². The first-order valence-corrected chi connectivity index (χ1v) is 7.46. The van der Waals surface area contributed by atoms with Crippen LogP contribution in [0.25, 0.3) is 11.0 Å². The smallest absolute Gasteiger partial charge is 0.339 e. The van der Waals surface area contributed by atoms with Gasteiger partial charge >= 0.3 is 5.97 Å². The van der Waals surface area contributed by atoms with Crippen LogP contribution in [0.2, 0.25) is 0 Å². The number of aromatic nitrogens is 2. The highest BCUT2D eigenvalue weighted by Gasteiger charge is 2.18. The lowest BCUT2D eigenvalue weighted by Gasteiger charge is -2.11. The molecule has 0 aliphatic rings. The van der Waals surface area contributed by atoms with E-state index in [0.717, 1.165) is 0 Å². The molecular formula is C18H15N3O4. The van der Waals surface area contributed by atoms with Crippen molar-refractivity contribution in [3.05, 3.63) is 70.1 Å².